The van der Waals surface area contributed by atoms with E-state index in [1.54, 1.807) is 4.90 Å². The summed E-state index contributed by atoms with van der Waals surface area (Å²) in [4.78, 5) is 18.6. The number of aromatic nitrogens is 2. The molecule has 0 N–H and O–H groups in total. The summed E-state index contributed by atoms with van der Waals surface area (Å²) in [6.45, 7) is 7.11. The van der Waals surface area contributed by atoms with Crippen molar-refractivity contribution in [2.24, 2.45) is 0 Å². The van der Waals surface area contributed by atoms with E-state index in [9.17, 15) is 4.79 Å². The van der Waals surface area contributed by atoms with Crippen molar-refractivity contribution < 1.29 is 9.53 Å². The van der Waals surface area contributed by atoms with Crippen molar-refractivity contribution in [3.8, 4) is 5.69 Å². The standard InChI is InChI=1S/C19H25N3O2/c1-19(2,3)24-18(23)21-12-9-15(10-13-21)17-20-11-14-22(17)16-7-5-4-6-8-16/h4-8,11,14-15H,9-10,12-13H2,1-3H3. The van der Waals surface area contributed by atoms with Gasteiger partial charge in [0.2, 0.25) is 0 Å². The van der Waals surface area contributed by atoms with Gasteiger partial charge in [0.15, 0.2) is 0 Å². The van der Waals surface area contributed by atoms with Crippen LogP contribution in [-0.2, 0) is 4.74 Å². The first-order chi connectivity index (χ1) is 11.4. The molecule has 5 heteroatoms. The van der Waals surface area contributed by atoms with Crippen LogP contribution in [0.2, 0.25) is 0 Å². The molecule has 2 heterocycles. The molecule has 1 aliphatic rings. The van der Waals surface area contributed by atoms with Crippen LogP contribution in [0.25, 0.3) is 5.69 Å². The van der Waals surface area contributed by atoms with Crippen LogP contribution in [0.3, 0.4) is 0 Å². The summed E-state index contributed by atoms with van der Waals surface area (Å²) < 4.78 is 7.61. The minimum atomic E-state index is -0.447. The Hall–Kier alpha value is -2.30. The Kier molecular flexibility index (Phi) is 4.60. The molecule has 3 rings (SSSR count). The number of hydrogen-bond acceptors (Lipinski definition) is 3. The lowest BCUT2D eigenvalue weighted by molar-refractivity contribution is 0.0203. The van der Waals surface area contributed by atoms with Gasteiger partial charge < -0.3 is 14.2 Å². The largest absolute Gasteiger partial charge is 0.444 e. The third kappa shape index (κ3) is 3.78. The van der Waals surface area contributed by atoms with Crippen LogP contribution in [0.1, 0.15) is 45.4 Å². The number of para-hydroxylation sites is 1. The number of carbonyl (C=O) groups excluding carboxylic acids is 1. The molecule has 0 atom stereocenters. The maximum atomic E-state index is 12.2. The second kappa shape index (κ2) is 6.67. The average molecular weight is 327 g/mol. The molecule has 0 aliphatic carbocycles. The van der Waals surface area contributed by atoms with Crippen LogP contribution in [0, 0.1) is 0 Å². The summed E-state index contributed by atoms with van der Waals surface area (Å²) in [5.74, 6) is 1.43. The quantitative estimate of drug-likeness (QED) is 0.838. The predicted molar refractivity (Wildman–Crippen MR) is 93.3 cm³/mol. The van der Waals surface area contributed by atoms with Gasteiger partial charge in [-0.1, -0.05) is 18.2 Å². The molecule has 1 aliphatic heterocycles. The van der Waals surface area contributed by atoms with Crippen molar-refractivity contribution in [1.82, 2.24) is 14.5 Å². The van der Waals surface area contributed by atoms with E-state index in [1.165, 1.54) is 0 Å². The number of benzene rings is 1. The van der Waals surface area contributed by atoms with Gasteiger partial charge in [-0.15, -0.1) is 0 Å². The van der Waals surface area contributed by atoms with Gasteiger partial charge in [-0.05, 0) is 45.7 Å². The van der Waals surface area contributed by atoms with Crippen LogP contribution in [0.15, 0.2) is 42.7 Å². The number of amides is 1. The van der Waals surface area contributed by atoms with Gasteiger partial charge in [-0.3, -0.25) is 0 Å². The molecule has 1 aromatic carbocycles. The normalized spacial score (nSPS) is 16.2. The molecule has 24 heavy (non-hydrogen) atoms. The zero-order valence-corrected chi connectivity index (χ0v) is 14.6. The Morgan fingerprint density at radius 3 is 2.46 bits per heavy atom. The van der Waals surface area contributed by atoms with Gasteiger partial charge >= 0.3 is 6.09 Å². The van der Waals surface area contributed by atoms with Crippen molar-refractivity contribution in [1.29, 1.82) is 0 Å². The molecule has 1 fully saturated rings. The SMILES string of the molecule is CC(C)(C)OC(=O)N1CCC(c2nccn2-c2ccccc2)CC1. The smallest absolute Gasteiger partial charge is 0.410 e. The number of rotatable bonds is 2. The third-order valence-corrected chi connectivity index (χ3v) is 4.22. The lowest BCUT2D eigenvalue weighted by Crippen LogP contribution is -2.41. The first-order valence-electron chi connectivity index (χ1n) is 8.50. The van der Waals surface area contributed by atoms with Gasteiger partial charge in [0, 0.05) is 37.1 Å². The Balaban J connectivity index is 1.66. The summed E-state index contributed by atoms with van der Waals surface area (Å²) in [7, 11) is 0. The highest BCUT2D eigenvalue weighted by atomic mass is 16.6. The number of hydrogen-bond donors (Lipinski definition) is 0. The summed E-state index contributed by atoms with van der Waals surface area (Å²) in [5, 5.41) is 0. The molecule has 0 unspecified atom stereocenters. The predicted octanol–water partition coefficient (Wildman–Crippen LogP) is 3.99. The summed E-state index contributed by atoms with van der Waals surface area (Å²) in [6, 6.07) is 10.2. The number of imidazole rings is 1. The van der Waals surface area contributed by atoms with Crippen molar-refractivity contribution in [3.05, 3.63) is 48.5 Å². The fraction of sp³-hybridized carbons (Fsp3) is 0.474. The minimum absolute atomic E-state index is 0.215. The van der Waals surface area contributed by atoms with E-state index in [-0.39, 0.29) is 6.09 Å². The summed E-state index contributed by atoms with van der Waals surface area (Å²) >= 11 is 0. The van der Waals surface area contributed by atoms with Gasteiger partial charge in [0.05, 0.1) is 0 Å². The number of nitrogens with zero attached hydrogens (tertiary/aromatic N) is 3. The van der Waals surface area contributed by atoms with Crippen molar-refractivity contribution in [3.63, 3.8) is 0 Å². The highest BCUT2D eigenvalue weighted by Crippen LogP contribution is 2.29. The molecule has 128 valence electrons. The maximum Gasteiger partial charge on any atom is 0.410 e. The first-order valence-corrected chi connectivity index (χ1v) is 8.50. The molecule has 5 nitrogen and oxygen atoms in total. The first kappa shape index (κ1) is 16.6. The lowest BCUT2D eigenvalue weighted by Gasteiger charge is -2.33. The molecule has 2 aromatic rings. The van der Waals surface area contributed by atoms with E-state index in [0.29, 0.717) is 19.0 Å². The molecule has 1 saturated heterocycles. The van der Waals surface area contributed by atoms with E-state index in [2.05, 4.69) is 21.7 Å². The van der Waals surface area contributed by atoms with Crippen molar-refractivity contribution in [2.75, 3.05) is 13.1 Å². The van der Waals surface area contributed by atoms with E-state index in [0.717, 1.165) is 24.4 Å². The minimum Gasteiger partial charge on any atom is -0.444 e. The van der Waals surface area contributed by atoms with Crippen LogP contribution in [-0.4, -0.2) is 39.2 Å². The van der Waals surface area contributed by atoms with E-state index in [4.69, 9.17) is 4.74 Å². The molecular formula is C19H25N3O2. The van der Waals surface area contributed by atoms with Gasteiger partial charge in [-0.2, -0.15) is 0 Å². The number of carbonyl (C=O) groups is 1. The van der Waals surface area contributed by atoms with E-state index >= 15 is 0 Å². The Labute approximate surface area is 143 Å². The van der Waals surface area contributed by atoms with Crippen LogP contribution < -0.4 is 0 Å². The average Bonchev–Trinajstić information content (AvgIpc) is 3.04. The Bertz CT molecular complexity index is 680. The number of piperidine rings is 1. The Morgan fingerprint density at radius 1 is 1.17 bits per heavy atom. The number of likely N-dealkylation sites (tertiary alicyclic amines) is 1. The molecule has 0 spiro atoms. The summed E-state index contributed by atoms with van der Waals surface area (Å²) in [5.41, 5.74) is 0.678. The second-order valence-corrected chi connectivity index (χ2v) is 7.23. The van der Waals surface area contributed by atoms with Crippen LogP contribution in [0.5, 0.6) is 0 Å². The fourth-order valence-electron chi connectivity index (χ4n) is 3.07. The topological polar surface area (TPSA) is 47.4 Å². The highest BCUT2D eigenvalue weighted by Gasteiger charge is 2.29. The van der Waals surface area contributed by atoms with Gasteiger partial charge in [0.25, 0.3) is 0 Å². The van der Waals surface area contributed by atoms with Gasteiger partial charge in [0.1, 0.15) is 11.4 Å². The van der Waals surface area contributed by atoms with Crippen LogP contribution in [0.4, 0.5) is 4.79 Å². The monoisotopic (exact) mass is 327 g/mol. The van der Waals surface area contributed by atoms with Crippen molar-refractivity contribution in [2.45, 2.75) is 45.1 Å². The zero-order chi connectivity index (χ0) is 17.2. The molecule has 0 saturated carbocycles. The second-order valence-electron chi connectivity index (χ2n) is 7.23. The molecule has 1 aromatic heterocycles. The third-order valence-electron chi connectivity index (χ3n) is 4.22. The molecule has 0 radical (unpaired) electrons. The summed E-state index contributed by atoms with van der Waals surface area (Å²) in [6.07, 6.45) is 5.45. The number of ether oxygens (including phenoxy) is 1. The fourth-order valence-corrected chi connectivity index (χ4v) is 3.07. The molecule has 0 bridgehead atoms. The maximum absolute atomic E-state index is 12.2. The van der Waals surface area contributed by atoms with E-state index < -0.39 is 5.60 Å². The van der Waals surface area contributed by atoms with E-state index in [1.807, 2.05) is 51.4 Å². The van der Waals surface area contributed by atoms with Gasteiger partial charge in [-0.25, -0.2) is 9.78 Å². The lowest BCUT2D eigenvalue weighted by atomic mass is 9.96. The molecule has 1 amide bonds. The molecular weight excluding hydrogens is 302 g/mol. The zero-order valence-electron chi connectivity index (χ0n) is 14.6. The highest BCUT2D eigenvalue weighted by molar-refractivity contribution is 5.68. The Morgan fingerprint density at radius 2 is 1.83 bits per heavy atom. The van der Waals surface area contributed by atoms with Crippen LogP contribution >= 0.6 is 0 Å². The van der Waals surface area contributed by atoms with Crippen molar-refractivity contribution >= 4 is 6.09 Å².